The molecular formula is C13H16FN3O2S. The second kappa shape index (κ2) is 5.87. The number of rotatable bonds is 3. The summed E-state index contributed by atoms with van der Waals surface area (Å²) in [7, 11) is -3.66. The first-order chi connectivity index (χ1) is 9.45. The molecule has 7 heteroatoms. The van der Waals surface area contributed by atoms with Crippen LogP contribution in [0.2, 0.25) is 0 Å². The topological polar surface area (TPSA) is 64.4 Å². The Hall–Kier alpha value is -1.49. The number of piperazine rings is 1. The Kier molecular flexibility index (Phi) is 4.38. The van der Waals surface area contributed by atoms with Crippen molar-refractivity contribution in [1.82, 2.24) is 9.21 Å². The maximum atomic E-state index is 13.2. The van der Waals surface area contributed by atoms with Gasteiger partial charge in [0.25, 0.3) is 0 Å². The van der Waals surface area contributed by atoms with Crippen LogP contribution in [0.4, 0.5) is 4.39 Å². The molecule has 20 heavy (non-hydrogen) atoms. The molecule has 0 spiro atoms. The number of nitriles is 1. The molecule has 5 nitrogen and oxygen atoms in total. The van der Waals surface area contributed by atoms with E-state index in [-0.39, 0.29) is 10.9 Å². The maximum Gasteiger partial charge on any atom is 0.243 e. The molecule has 0 N–H and O–H groups in total. The molecule has 0 saturated carbocycles. The standard InChI is InChI=1S/C13H16FN3O2S/c1-11(10-15)16-5-7-17(8-6-16)20(18,19)13-4-2-3-12(14)9-13/h2-4,9,11H,5-8H2,1H3/t11-/m1/s1. The van der Waals surface area contributed by atoms with Gasteiger partial charge in [-0.05, 0) is 25.1 Å². The van der Waals surface area contributed by atoms with Gasteiger partial charge in [-0.3, -0.25) is 4.90 Å². The van der Waals surface area contributed by atoms with Crippen LogP contribution in [0, 0.1) is 17.1 Å². The van der Waals surface area contributed by atoms with Crippen molar-refractivity contribution in [2.75, 3.05) is 26.2 Å². The van der Waals surface area contributed by atoms with Crippen LogP contribution in [-0.4, -0.2) is 49.8 Å². The van der Waals surface area contributed by atoms with Gasteiger partial charge in [-0.2, -0.15) is 9.57 Å². The molecule has 1 saturated heterocycles. The second-order valence-corrected chi connectivity index (χ2v) is 6.64. The van der Waals surface area contributed by atoms with Crippen LogP contribution >= 0.6 is 0 Å². The molecule has 0 aliphatic carbocycles. The van der Waals surface area contributed by atoms with Gasteiger partial charge >= 0.3 is 0 Å². The lowest BCUT2D eigenvalue weighted by Gasteiger charge is -2.35. The monoisotopic (exact) mass is 297 g/mol. The van der Waals surface area contributed by atoms with Crippen LogP contribution in [-0.2, 0) is 10.0 Å². The Morgan fingerprint density at radius 3 is 2.50 bits per heavy atom. The average molecular weight is 297 g/mol. The Bertz CT molecular complexity index is 619. The van der Waals surface area contributed by atoms with E-state index in [0.717, 1.165) is 6.07 Å². The summed E-state index contributed by atoms with van der Waals surface area (Å²) in [5.41, 5.74) is 0. The zero-order valence-electron chi connectivity index (χ0n) is 11.2. The molecule has 0 bridgehead atoms. The summed E-state index contributed by atoms with van der Waals surface area (Å²) in [6.45, 7) is 3.42. The van der Waals surface area contributed by atoms with Crippen molar-refractivity contribution in [3.8, 4) is 6.07 Å². The van der Waals surface area contributed by atoms with Gasteiger partial charge in [0.2, 0.25) is 10.0 Å². The Morgan fingerprint density at radius 1 is 1.30 bits per heavy atom. The van der Waals surface area contributed by atoms with E-state index in [0.29, 0.717) is 26.2 Å². The molecule has 1 fully saturated rings. The highest BCUT2D eigenvalue weighted by Gasteiger charge is 2.30. The van der Waals surface area contributed by atoms with Gasteiger partial charge in [-0.15, -0.1) is 0 Å². The Labute approximate surface area is 118 Å². The number of benzene rings is 1. The fourth-order valence-electron chi connectivity index (χ4n) is 2.19. The third-order valence-corrected chi connectivity index (χ3v) is 5.34. The van der Waals surface area contributed by atoms with E-state index in [1.165, 1.54) is 22.5 Å². The maximum absolute atomic E-state index is 13.2. The summed E-state index contributed by atoms with van der Waals surface area (Å²) in [6.07, 6.45) is 0. The van der Waals surface area contributed by atoms with Crippen molar-refractivity contribution in [1.29, 1.82) is 5.26 Å². The molecule has 108 valence electrons. The van der Waals surface area contributed by atoms with Gasteiger partial charge < -0.3 is 0 Å². The number of sulfonamides is 1. The Morgan fingerprint density at radius 2 is 1.95 bits per heavy atom. The largest absolute Gasteiger partial charge is 0.286 e. The lowest BCUT2D eigenvalue weighted by atomic mass is 10.2. The zero-order valence-corrected chi connectivity index (χ0v) is 12.0. The third kappa shape index (κ3) is 2.98. The molecule has 1 aromatic carbocycles. The van der Waals surface area contributed by atoms with Crippen LogP contribution in [0.25, 0.3) is 0 Å². The zero-order chi connectivity index (χ0) is 14.8. The Balaban J connectivity index is 2.12. The summed E-state index contributed by atoms with van der Waals surface area (Å²) in [4.78, 5) is 1.90. The van der Waals surface area contributed by atoms with E-state index in [4.69, 9.17) is 5.26 Å². The van der Waals surface area contributed by atoms with E-state index in [2.05, 4.69) is 6.07 Å². The van der Waals surface area contributed by atoms with E-state index in [1.807, 2.05) is 4.90 Å². The van der Waals surface area contributed by atoms with Crippen molar-refractivity contribution < 1.29 is 12.8 Å². The fourth-order valence-corrected chi connectivity index (χ4v) is 3.64. The van der Waals surface area contributed by atoms with Gasteiger partial charge in [0.1, 0.15) is 5.82 Å². The van der Waals surface area contributed by atoms with Crippen molar-refractivity contribution in [3.05, 3.63) is 30.1 Å². The van der Waals surface area contributed by atoms with Crippen LogP contribution in [0.15, 0.2) is 29.2 Å². The van der Waals surface area contributed by atoms with Gasteiger partial charge in [-0.1, -0.05) is 6.07 Å². The average Bonchev–Trinajstić information content (AvgIpc) is 2.46. The van der Waals surface area contributed by atoms with Crippen LogP contribution in [0.3, 0.4) is 0 Å². The van der Waals surface area contributed by atoms with Gasteiger partial charge in [-0.25, -0.2) is 12.8 Å². The molecule has 1 heterocycles. The number of halogens is 1. The summed E-state index contributed by atoms with van der Waals surface area (Å²) in [5, 5.41) is 8.86. The highest BCUT2D eigenvalue weighted by molar-refractivity contribution is 7.89. The fraction of sp³-hybridized carbons (Fsp3) is 0.462. The minimum Gasteiger partial charge on any atom is -0.286 e. The van der Waals surface area contributed by atoms with E-state index < -0.39 is 15.8 Å². The predicted octanol–water partition coefficient (Wildman–Crippen LogP) is 1.04. The van der Waals surface area contributed by atoms with Crippen molar-refractivity contribution in [3.63, 3.8) is 0 Å². The number of nitrogens with zero attached hydrogens (tertiary/aromatic N) is 3. The van der Waals surface area contributed by atoms with E-state index >= 15 is 0 Å². The lowest BCUT2D eigenvalue weighted by Crippen LogP contribution is -2.50. The summed E-state index contributed by atoms with van der Waals surface area (Å²) >= 11 is 0. The molecular weight excluding hydrogens is 281 g/mol. The molecule has 0 aromatic heterocycles. The normalized spacial score (nSPS) is 19.4. The van der Waals surface area contributed by atoms with Crippen molar-refractivity contribution in [2.45, 2.75) is 17.9 Å². The number of hydrogen-bond donors (Lipinski definition) is 0. The van der Waals surface area contributed by atoms with Gasteiger partial charge in [0.15, 0.2) is 0 Å². The van der Waals surface area contributed by atoms with Crippen LogP contribution in [0.5, 0.6) is 0 Å². The molecule has 2 rings (SSSR count). The number of hydrogen-bond acceptors (Lipinski definition) is 4. The van der Waals surface area contributed by atoms with Crippen LogP contribution < -0.4 is 0 Å². The third-order valence-electron chi connectivity index (χ3n) is 3.44. The molecule has 0 amide bonds. The highest BCUT2D eigenvalue weighted by atomic mass is 32.2. The van der Waals surface area contributed by atoms with E-state index in [9.17, 15) is 12.8 Å². The molecule has 0 unspecified atom stereocenters. The smallest absolute Gasteiger partial charge is 0.243 e. The summed E-state index contributed by atoms with van der Waals surface area (Å²) in [6, 6.07) is 6.93. The summed E-state index contributed by atoms with van der Waals surface area (Å²) in [5.74, 6) is -0.567. The van der Waals surface area contributed by atoms with Crippen molar-refractivity contribution >= 4 is 10.0 Å². The van der Waals surface area contributed by atoms with E-state index in [1.54, 1.807) is 6.92 Å². The molecule has 1 aromatic rings. The predicted molar refractivity (Wildman–Crippen MR) is 71.8 cm³/mol. The SMILES string of the molecule is C[C@H](C#N)N1CCN(S(=O)(=O)c2cccc(F)c2)CC1. The highest BCUT2D eigenvalue weighted by Crippen LogP contribution is 2.19. The molecule has 0 radical (unpaired) electrons. The molecule has 1 atom stereocenters. The summed E-state index contributed by atoms with van der Waals surface area (Å²) < 4.78 is 39.2. The van der Waals surface area contributed by atoms with Crippen LogP contribution in [0.1, 0.15) is 6.92 Å². The van der Waals surface area contributed by atoms with Gasteiger partial charge in [0.05, 0.1) is 17.0 Å². The second-order valence-electron chi connectivity index (χ2n) is 4.70. The molecule has 1 aliphatic rings. The van der Waals surface area contributed by atoms with Gasteiger partial charge in [0, 0.05) is 26.2 Å². The first-order valence-corrected chi connectivity index (χ1v) is 7.78. The molecule has 1 aliphatic heterocycles. The first-order valence-electron chi connectivity index (χ1n) is 6.34. The lowest BCUT2D eigenvalue weighted by molar-refractivity contribution is 0.169. The van der Waals surface area contributed by atoms with Crippen molar-refractivity contribution in [2.24, 2.45) is 0 Å². The first kappa shape index (κ1) is 14.9. The minimum absolute atomic E-state index is 0.0284. The quantitative estimate of drug-likeness (QED) is 0.836. The minimum atomic E-state index is -3.66.